The van der Waals surface area contributed by atoms with E-state index in [1.54, 1.807) is 73.6 Å². The molecule has 1 fully saturated rings. The number of halogens is 3. The van der Waals surface area contributed by atoms with Crippen molar-refractivity contribution in [2.75, 3.05) is 82.3 Å². The SMILES string of the molecule is CN1CCCCC1.COc1cc(SCCCOCCCNC(=O)COc2cccc(CNc3cc(-c4c(C)noc4C)c[nH]c3=O)n2)ccc1NCC#Cc1cc2c(N)cccc2n1CC(F)(F)F. The first-order valence-electron chi connectivity index (χ1n) is 22.8. The molecule has 0 unspecified atom stereocenters. The highest BCUT2D eigenvalue weighted by molar-refractivity contribution is 7.99. The molecule has 1 amide bonds. The lowest BCUT2D eigenvalue weighted by Gasteiger charge is -2.20. The van der Waals surface area contributed by atoms with Crippen molar-refractivity contribution in [3.63, 3.8) is 0 Å². The van der Waals surface area contributed by atoms with Gasteiger partial charge in [-0.15, -0.1) is 11.8 Å². The van der Waals surface area contributed by atoms with Crippen molar-refractivity contribution in [2.24, 2.45) is 0 Å². The van der Waals surface area contributed by atoms with Crippen molar-refractivity contribution in [1.82, 2.24) is 29.9 Å². The van der Waals surface area contributed by atoms with Crippen LogP contribution in [0.1, 0.15) is 54.9 Å². The van der Waals surface area contributed by atoms with E-state index in [2.05, 4.69) is 54.9 Å². The number of nitrogens with two attached hydrogens (primary N) is 1. The van der Waals surface area contributed by atoms with E-state index in [9.17, 15) is 22.8 Å². The quantitative estimate of drug-likeness (QED) is 0.0213. The Morgan fingerprint density at radius 1 is 1.00 bits per heavy atom. The first kappa shape index (κ1) is 51.8. The molecule has 0 radical (unpaired) electrons. The van der Waals surface area contributed by atoms with Gasteiger partial charge in [-0.3, -0.25) is 9.59 Å². The van der Waals surface area contributed by atoms with E-state index in [1.807, 2.05) is 32.0 Å². The van der Waals surface area contributed by atoms with E-state index in [4.69, 9.17) is 24.5 Å². The van der Waals surface area contributed by atoms with Crippen LogP contribution in [0.25, 0.3) is 22.0 Å². The number of alkyl halides is 3. The lowest BCUT2D eigenvalue weighted by atomic mass is 10.1. The summed E-state index contributed by atoms with van der Waals surface area (Å²) in [5, 5.41) is 13.6. The minimum absolute atomic E-state index is 0.181. The zero-order valence-electron chi connectivity index (χ0n) is 39.4. The first-order valence-corrected chi connectivity index (χ1v) is 23.8. The number of aryl methyl sites for hydroxylation is 2. The molecule has 0 spiro atoms. The molecular weight excluding hydrogens is 912 g/mol. The third-order valence-electron chi connectivity index (χ3n) is 11.0. The number of likely N-dealkylation sites (tertiary alicyclic amines) is 1. The molecule has 1 aliphatic rings. The molecule has 4 aromatic heterocycles. The van der Waals surface area contributed by atoms with Crippen LogP contribution in [0.3, 0.4) is 0 Å². The molecule has 0 saturated carbocycles. The molecule has 1 saturated heterocycles. The molecule has 368 valence electrons. The summed E-state index contributed by atoms with van der Waals surface area (Å²) in [7, 11) is 3.76. The Balaban J connectivity index is 0.00000102. The summed E-state index contributed by atoms with van der Waals surface area (Å²) in [6, 6.07) is 19.1. The highest BCUT2D eigenvalue weighted by Crippen LogP contribution is 2.32. The lowest BCUT2D eigenvalue weighted by Crippen LogP contribution is -2.30. The van der Waals surface area contributed by atoms with Gasteiger partial charge in [-0.25, -0.2) is 4.98 Å². The van der Waals surface area contributed by atoms with Crippen LogP contribution < -0.4 is 36.7 Å². The van der Waals surface area contributed by atoms with Crippen LogP contribution in [-0.4, -0.2) is 103 Å². The van der Waals surface area contributed by atoms with Gasteiger partial charge in [0.15, 0.2) is 6.61 Å². The van der Waals surface area contributed by atoms with Gasteiger partial charge in [0, 0.05) is 64.9 Å². The average molecular weight is 972 g/mol. The summed E-state index contributed by atoms with van der Waals surface area (Å²) < 4.78 is 63.3. The van der Waals surface area contributed by atoms with Gasteiger partial charge >= 0.3 is 6.18 Å². The monoisotopic (exact) mass is 971 g/mol. The minimum Gasteiger partial charge on any atom is -0.495 e. The number of nitrogens with zero attached hydrogens (tertiary/aromatic N) is 4. The Morgan fingerprint density at radius 3 is 2.54 bits per heavy atom. The number of aromatic amines is 1. The number of thioether (sulfide) groups is 1. The van der Waals surface area contributed by atoms with Crippen LogP contribution in [0, 0.1) is 25.7 Å². The molecule has 0 aliphatic carbocycles. The average Bonchev–Trinajstić information content (AvgIpc) is 3.86. The second kappa shape index (κ2) is 25.7. The number of hydrogen-bond acceptors (Lipinski definition) is 13. The Labute approximate surface area is 404 Å². The predicted molar refractivity (Wildman–Crippen MR) is 265 cm³/mol. The van der Waals surface area contributed by atoms with Crippen LogP contribution in [0.15, 0.2) is 87.1 Å². The number of hydrogen-bond donors (Lipinski definition) is 5. The largest absolute Gasteiger partial charge is 0.495 e. The molecular formula is C50H60F3N9O6S. The Kier molecular flexibility index (Phi) is 19.3. The molecule has 1 aliphatic heterocycles. The van der Waals surface area contributed by atoms with Gasteiger partial charge in [0.25, 0.3) is 11.5 Å². The van der Waals surface area contributed by atoms with Gasteiger partial charge in [-0.05, 0) is 114 Å². The van der Waals surface area contributed by atoms with Crippen molar-refractivity contribution < 1.29 is 36.7 Å². The van der Waals surface area contributed by atoms with E-state index >= 15 is 0 Å². The lowest BCUT2D eigenvalue weighted by molar-refractivity contribution is -0.140. The second-order valence-electron chi connectivity index (χ2n) is 16.3. The molecule has 2 aromatic carbocycles. The van der Waals surface area contributed by atoms with Crippen LogP contribution >= 0.6 is 11.8 Å². The number of ether oxygens (including phenoxy) is 3. The number of carbonyl (C=O) groups is 1. The first-order chi connectivity index (χ1) is 33.3. The number of nitrogen functional groups attached to an aromatic ring is 1. The van der Waals surface area contributed by atoms with E-state index < -0.39 is 12.7 Å². The van der Waals surface area contributed by atoms with Crippen LogP contribution in [0.2, 0.25) is 0 Å². The Morgan fingerprint density at radius 2 is 1.80 bits per heavy atom. The summed E-state index contributed by atoms with van der Waals surface area (Å²) in [5.41, 5.74) is 10.7. The van der Waals surface area contributed by atoms with Gasteiger partial charge in [0.1, 0.15) is 23.7 Å². The Hall–Kier alpha value is -6.62. The highest BCUT2D eigenvalue weighted by atomic mass is 32.2. The third kappa shape index (κ3) is 16.0. The number of pyridine rings is 2. The molecule has 69 heavy (non-hydrogen) atoms. The van der Waals surface area contributed by atoms with Crippen molar-refractivity contribution in [3.8, 4) is 34.6 Å². The summed E-state index contributed by atoms with van der Waals surface area (Å²) in [6.45, 7) is 6.83. The number of methoxy groups -OCH3 is 1. The number of rotatable bonds is 20. The summed E-state index contributed by atoms with van der Waals surface area (Å²) in [6.07, 6.45) is 2.93. The van der Waals surface area contributed by atoms with Crippen LogP contribution in [-0.2, 0) is 22.6 Å². The van der Waals surface area contributed by atoms with Crippen molar-refractivity contribution >= 4 is 45.6 Å². The number of aromatic nitrogens is 4. The summed E-state index contributed by atoms with van der Waals surface area (Å²) in [4.78, 5) is 35.4. The maximum absolute atomic E-state index is 13.3. The molecule has 6 aromatic rings. The third-order valence-corrected chi connectivity index (χ3v) is 12.0. The fraction of sp³-hybridized carbons (Fsp3) is 0.400. The predicted octanol–water partition coefficient (Wildman–Crippen LogP) is 8.41. The fourth-order valence-corrected chi connectivity index (χ4v) is 8.37. The summed E-state index contributed by atoms with van der Waals surface area (Å²) >= 11 is 1.65. The second-order valence-corrected chi connectivity index (χ2v) is 17.5. The zero-order valence-corrected chi connectivity index (χ0v) is 40.2. The van der Waals surface area contributed by atoms with Gasteiger partial charge < -0.3 is 54.9 Å². The highest BCUT2D eigenvalue weighted by Gasteiger charge is 2.30. The number of benzene rings is 2. The van der Waals surface area contributed by atoms with Crippen molar-refractivity contribution in [1.29, 1.82) is 0 Å². The Bertz CT molecular complexity index is 2720. The standard InChI is InChI=1S/C44H47F3N8O6S.C6H13N/c1-28-42(29(2)61-54-28)30-21-37(43(57)52-24-30)51-25-31-9-4-13-41(53-31)60-26-40(56)50-17-7-18-59-19-8-20-62-33-14-15-36(39(23-33)58-3)49-16-6-10-32-22-34-35(48)11-5-12-38(34)55(32)27-44(45,46)47;1-7-5-3-2-4-6-7/h4-5,9,11-15,21-24,49,51H,7-8,16-20,25-27,48H2,1-3H3,(H,50,56)(H,52,57);2-6H2,1H3. The van der Waals surface area contributed by atoms with Crippen molar-refractivity contribution in [2.45, 2.75) is 70.1 Å². The maximum Gasteiger partial charge on any atom is 0.406 e. The number of anilines is 3. The molecule has 7 rings (SSSR count). The van der Waals surface area contributed by atoms with E-state index in [-0.39, 0.29) is 42.7 Å². The van der Waals surface area contributed by atoms with Gasteiger partial charge in [-0.1, -0.05) is 29.6 Å². The molecule has 6 N–H and O–H groups in total. The van der Waals surface area contributed by atoms with Gasteiger partial charge in [0.05, 0.1) is 48.5 Å². The molecule has 5 heterocycles. The smallest absolute Gasteiger partial charge is 0.406 e. The number of H-pyrrole nitrogens is 1. The number of fused-ring (bicyclic) bond motifs is 1. The van der Waals surface area contributed by atoms with E-state index in [1.165, 1.54) is 32.4 Å². The van der Waals surface area contributed by atoms with Crippen LogP contribution in [0.5, 0.6) is 11.6 Å². The van der Waals surface area contributed by atoms with Gasteiger partial charge in [0.2, 0.25) is 5.88 Å². The zero-order chi connectivity index (χ0) is 49.2. The summed E-state index contributed by atoms with van der Waals surface area (Å²) in [5.74, 6) is 7.85. The van der Waals surface area contributed by atoms with Crippen LogP contribution in [0.4, 0.5) is 30.2 Å². The molecule has 15 nitrogen and oxygen atoms in total. The van der Waals surface area contributed by atoms with Gasteiger partial charge in [-0.2, -0.15) is 13.2 Å². The fourth-order valence-electron chi connectivity index (χ4n) is 7.52. The number of amides is 1. The normalized spacial score (nSPS) is 12.7. The number of carbonyl (C=O) groups excluding carboxylic acids is 1. The van der Waals surface area contributed by atoms with E-state index in [0.29, 0.717) is 71.3 Å². The maximum atomic E-state index is 13.3. The van der Waals surface area contributed by atoms with E-state index in [0.717, 1.165) is 38.5 Å². The molecule has 0 bridgehead atoms. The number of piperidine rings is 1. The number of nitrogens with one attached hydrogen (secondary N) is 4. The molecule has 19 heteroatoms. The van der Waals surface area contributed by atoms with Crippen molar-refractivity contribution in [3.05, 3.63) is 106 Å². The minimum atomic E-state index is -4.42. The molecule has 0 atom stereocenters. The topological polar surface area (TPSA) is 187 Å².